The van der Waals surface area contributed by atoms with E-state index in [2.05, 4.69) is 10.3 Å². The van der Waals surface area contributed by atoms with Crippen molar-refractivity contribution >= 4 is 28.6 Å². The van der Waals surface area contributed by atoms with Crippen molar-refractivity contribution in [3.63, 3.8) is 0 Å². The molecule has 0 unspecified atom stereocenters. The zero-order chi connectivity index (χ0) is 28.2. The standard InChI is InChI=1S/C31H32N4O5/c1-34(18-21-7-3-2-4-8-21)27(15-20-11-13-22(36)14-12-20)29(38)33-30(39)28-16-23(37)19-35(28)31(40)25-17-32-26-10-6-5-9-24(25)26/h2-14,17,23,27-28,32,36-37H,15-16,18-19H2,1H3,(H,33,38,39)/t23-,27+,28+/m1/s1. The second-order valence-electron chi connectivity index (χ2n) is 10.3. The zero-order valence-corrected chi connectivity index (χ0v) is 22.2. The summed E-state index contributed by atoms with van der Waals surface area (Å²) in [6.45, 7) is 0.466. The summed E-state index contributed by atoms with van der Waals surface area (Å²) in [7, 11) is 1.81. The number of para-hydroxylation sites is 1. The maximum atomic E-state index is 13.6. The van der Waals surface area contributed by atoms with Crippen LogP contribution >= 0.6 is 0 Å². The fourth-order valence-electron chi connectivity index (χ4n) is 5.26. The molecule has 0 saturated carbocycles. The van der Waals surface area contributed by atoms with Gasteiger partial charge in [0.25, 0.3) is 5.91 Å². The topological polar surface area (TPSA) is 126 Å². The van der Waals surface area contributed by atoms with E-state index in [0.29, 0.717) is 18.5 Å². The minimum atomic E-state index is -0.992. The number of aliphatic hydroxyl groups is 1. The number of aromatic amines is 1. The highest BCUT2D eigenvalue weighted by Crippen LogP contribution is 2.25. The van der Waals surface area contributed by atoms with Gasteiger partial charge in [-0.25, -0.2) is 0 Å². The van der Waals surface area contributed by atoms with Crippen LogP contribution in [0.5, 0.6) is 5.75 Å². The number of phenolic OH excluding ortho intramolecular Hbond substituents is 1. The predicted octanol–water partition coefficient (Wildman–Crippen LogP) is 2.83. The van der Waals surface area contributed by atoms with Crippen molar-refractivity contribution in [1.29, 1.82) is 0 Å². The van der Waals surface area contributed by atoms with Crippen LogP contribution in [0.25, 0.3) is 10.9 Å². The van der Waals surface area contributed by atoms with Gasteiger partial charge in [-0.05, 0) is 42.8 Å². The maximum absolute atomic E-state index is 13.6. The lowest BCUT2D eigenvalue weighted by Crippen LogP contribution is -2.53. The third kappa shape index (κ3) is 5.90. The summed E-state index contributed by atoms with van der Waals surface area (Å²) < 4.78 is 0. The van der Waals surface area contributed by atoms with E-state index in [0.717, 1.165) is 22.0 Å². The number of hydrogen-bond donors (Lipinski definition) is 4. The summed E-state index contributed by atoms with van der Waals surface area (Å²) in [6, 6.07) is 21.9. The number of likely N-dealkylation sites (N-methyl/N-ethyl adjacent to an activating group) is 1. The molecule has 0 spiro atoms. The average Bonchev–Trinajstić information content (AvgIpc) is 3.56. The van der Waals surface area contributed by atoms with Crippen molar-refractivity contribution in [3.8, 4) is 5.75 Å². The van der Waals surface area contributed by atoms with E-state index in [1.54, 1.807) is 30.5 Å². The number of H-pyrrole nitrogens is 1. The van der Waals surface area contributed by atoms with Crippen molar-refractivity contribution in [1.82, 2.24) is 20.1 Å². The number of rotatable bonds is 8. The number of imide groups is 1. The molecule has 1 saturated heterocycles. The molecular formula is C31H32N4O5. The van der Waals surface area contributed by atoms with Gasteiger partial charge in [0.1, 0.15) is 11.8 Å². The van der Waals surface area contributed by atoms with Crippen molar-refractivity contribution in [2.24, 2.45) is 0 Å². The molecule has 1 aliphatic heterocycles. The van der Waals surface area contributed by atoms with Gasteiger partial charge in [0.05, 0.1) is 17.7 Å². The Morgan fingerprint density at radius 1 is 1.00 bits per heavy atom. The predicted molar refractivity (Wildman–Crippen MR) is 150 cm³/mol. The minimum absolute atomic E-state index is 0.00450. The molecule has 206 valence electrons. The van der Waals surface area contributed by atoms with Gasteiger partial charge in [0, 0.05) is 36.6 Å². The Morgan fingerprint density at radius 2 is 1.70 bits per heavy atom. The largest absolute Gasteiger partial charge is 0.508 e. The molecular weight excluding hydrogens is 508 g/mol. The second-order valence-corrected chi connectivity index (χ2v) is 10.3. The van der Waals surface area contributed by atoms with E-state index in [4.69, 9.17) is 0 Å². The number of aromatic hydroxyl groups is 1. The molecule has 1 aliphatic rings. The summed E-state index contributed by atoms with van der Waals surface area (Å²) in [5.74, 6) is -1.39. The average molecular weight is 541 g/mol. The number of likely N-dealkylation sites (tertiary alicyclic amines) is 1. The Bertz CT molecular complexity index is 1500. The maximum Gasteiger partial charge on any atom is 0.256 e. The Balaban J connectivity index is 1.34. The van der Waals surface area contributed by atoms with Gasteiger partial charge < -0.3 is 20.1 Å². The van der Waals surface area contributed by atoms with Gasteiger partial charge in [0.2, 0.25) is 11.8 Å². The van der Waals surface area contributed by atoms with Crippen molar-refractivity contribution in [3.05, 3.63) is 102 Å². The Hall–Kier alpha value is -4.47. The normalized spacial score (nSPS) is 17.7. The highest BCUT2D eigenvalue weighted by molar-refractivity contribution is 6.09. The quantitative estimate of drug-likeness (QED) is 0.272. The molecule has 3 amide bonds. The first-order chi connectivity index (χ1) is 19.3. The summed E-state index contributed by atoms with van der Waals surface area (Å²) in [6.07, 6.45) is 1.06. The Kier molecular flexibility index (Phi) is 7.95. The number of nitrogens with one attached hydrogen (secondary N) is 2. The first kappa shape index (κ1) is 27.1. The van der Waals surface area contributed by atoms with Crippen LogP contribution in [-0.4, -0.2) is 74.5 Å². The fraction of sp³-hybridized carbons (Fsp3) is 0.258. The van der Waals surface area contributed by atoms with Gasteiger partial charge in [-0.3, -0.25) is 24.6 Å². The molecule has 5 rings (SSSR count). The van der Waals surface area contributed by atoms with Crippen LogP contribution in [0.4, 0.5) is 0 Å². The summed E-state index contributed by atoms with van der Waals surface area (Å²) >= 11 is 0. The van der Waals surface area contributed by atoms with E-state index in [1.807, 2.05) is 66.5 Å². The van der Waals surface area contributed by atoms with Crippen LogP contribution in [-0.2, 0) is 22.6 Å². The molecule has 0 radical (unpaired) electrons. The van der Waals surface area contributed by atoms with Crippen LogP contribution in [0.2, 0.25) is 0 Å². The molecule has 0 aliphatic carbocycles. The molecule has 3 atom stereocenters. The minimum Gasteiger partial charge on any atom is -0.508 e. The van der Waals surface area contributed by atoms with Crippen LogP contribution in [0.15, 0.2) is 85.1 Å². The molecule has 4 aromatic rings. The molecule has 4 N–H and O–H groups in total. The van der Waals surface area contributed by atoms with Crippen LogP contribution in [0.3, 0.4) is 0 Å². The Labute approximate surface area is 232 Å². The monoisotopic (exact) mass is 540 g/mol. The number of fused-ring (bicyclic) bond motifs is 1. The van der Waals surface area contributed by atoms with Gasteiger partial charge in [0.15, 0.2) is 0 Å². The molecule has 1 aromatic heterocycles. The Morgan fingerprint density at radius 3 is 2.45 bits per heavy atom. The number of nitrogens with zero attached hydrogens (tertiary/aromatic N) is 2. The lowest BCUT2D eigenvalue weighted by Gasteiger charge is -2.29. The molecule has 40 heavy (non-hydrogen) atoms. The van der Waals surface area contributed by atoms with Gasteiger partial charge >= 0.3 is 0 Å². The number of hydrogen-bond acceptors (Lipinski definition) is 6. The van der Waals surface area contributed by atoms with Gasteiger partial charge in [-0.15, -0.1) is 0 Å². The number of aliphatic hydroxyl groups excluding tert-OH is 1. The third-order valence-electron chi connectivity index (χ3n) is 7.38. The van der Waals surface area contributed by atoms with Gasteiger partial charge in [-0.1, -0.05) is 60.7 Å². The highest BCUT2D eigenvalue weighted by Gasteiger charge is 2.41. The fourth-order valence-corrected chi connectivity index (χ4v) is 5.26. The summed E-state index contributed by atoms with van der Waals surface area (Å²) in [5, 5.41) is 23.3. The summed E-state index contributed by atoms with van der Waals surface area (Å²) in [4.78, 5) is 46.8. The number of carbonyl (C=O) groups excluding carboxylic acids is 3. The van der Waals surface area contributed by atoms with Crippen molar-refractivity contribution in [2.75, 3.05) is 13.6 Å². The van der Waals surface area contributed by atoms with E-state index < -0.39 is 30.0 Å². The smallest absolute Gasteiger partial charge is 0.256 e. The van der Waals surface area contributed by atoms with Crippen molar-refractivity contribution in [2.45, 2.75) is 37.6 Å². The molecule has 9 heteroatoms. The van der Waals surface area contributed by atoms with E-state index >= 15 is 0 Å². The molecule has 2 heterocycles. The number of amides is 3. The number of carbonyl (C=O) groups is 3. The molecule has 0 bridgehead atoms. The van der Waals surface area contributed by atoms with Crippen LogP contribution in [0, 0.1) is 0 Å². The van der Waals surface area contributed by atoms with Crippen LogP contribution in [0.1, 0.15) is 27.9 Å². The summed E-state index contributed by atoms with van der Waals surface area (Å²) in [5.41, 5.74) is 3.02. The van der Waals surface area contributed by atoms with E-state index in [1.165, 1.54) is 4.90 Å². The first-order valence-corrected chi connectivity index (χ1v) is 13.2. The first-order valence-electron chi connectivity index (χ1n) is 13.2. The second kappa shape index (κ2) is 11.7. The number of phenols is 1. The van der Waals surface area contributed by atoms with Crippen LogP contribution < -0.4 is 5.32 Å². The lowest BCUT2D eigenvalue weighted by atomic mass is 10.0. The lowest BCUT2D eigenvalue weighted by molar-refractivity contribution is -0.135. The number of β-amino-alcohol motifs (C(OH)–C–C–N with tert-alkyl or cyclic N) is 1. The number of benzene rings is 3. The SMILES string of the molecule is CN(Cc1ccccc1)[C@@H](Cc1ccc(O)cc1)C(=O)NC(=O)[C@@H]1C[C@@H](O)CN1C(=O)c1c[nH]c2ccccc12. The zero-order valence-electron chi connectivity index (χ0n) is 22.2. The van der Waals surface area contributed by atoms with E-state index in [9.17, 15) is 24.6 Å². The number of aromatic nitrogens is 1. The molecule has 3 aromatic carbocycles. The molecule has 9 nitrogen and oxygen atoms in total. The molecule has 1 fully saturated rings. The third-order valence-corrected chi connectivity index (χ3v) is 7.38. The van der Waals surface area contributed by atoms with Crippen molar-refractivity contribution < 1.29 is 24.6 Å². The highest BCUT2D eigenvalue weighted by atomic mass is 16.3. The van der Waals surface area contributed by atoms with Gasteiger partial charge in [-0.2, -0.15) is 0 Å². The van der Waals surface area contributed by atoms with E-state index in [-0.39, 0.29) is 24.6 Å².